The zero-order valence-electron chi connectivity index (χ0n) is 9.77. The van der Waals surface area contributed by atoms with Crippen molar-refractivity contribution in [3.8, 4) is 11.4 Å². The molecule has 0 saturated carbocycles. The van der Waals surface area contributed by atoms with Crippen LogP contribution < -0.4 is 0 Å². The Hall–Kier alpha value is -2.49. The van der Waals surface area contributed by atoms with Crippen molar-refractivity contribution in [2.45, 2.75) is 6.54 Å². The van der Waals surface area contributed by atoms with Crippen molar-refractivity contribution in [2.75, 3.05) is 0 Å². The summed E-state index contributed by atoms with van der Waals surface area (Å²) in [5.41, 5.74) is 2.76. The van der Waals surface area contributed by atoms with E-state index in [1.807, 2.05) is 53.3 Å². The van der Waals surface area contributed by atoms with E-state index < -0.39 is 0 Å². The monoisotopic (exact) mass is 236 g/mol. The van der Waals surface area contributed by atoms with Gasteiger partial charge in [-0.05, 0) is 30.3 Å². The normalized spacial score (nSPS) is 10.4. The molecule has 0 radical (unpaired) electrons. The van der Waals surface area contributed by atoms with Crippen molar-refractivity contribution < 1.29 is 0 Å². The standard InChI is InChI=1S/C14H12N4/c1-3-8-15-12(5-1)11-18-10-7-14(17-18)13-6-2-4-9-16-13/h1-10H,11H2. The summed E-state index contributed by atoms with van der Waals surface area (Å²) in [7, 11) is 0. The van der Waals surface area contributed by atoms with Crippen molar-refractivity contribution in [1.82, 2.24) is 19.7 Å². The van der Waals surface area contributed by atoms with Crippen LogP contribution in [0, 0.1) is 0 Å². The van der Waals surface area contributed by atoms with Gasteiger partial charge in [-0.2, -0.15) is 5.10 Å². The van der Waals surface area contributed by atoms with Gasteiger partial charge in [-0.3, -0.25) is 14.6 Å². The molecule has 3 aromatic heterocycles. The molecule has 3 heterocycles. The minimum atomic E-state index is 0.674. The van der Waals surface area contributed by atoms with Crippen LogP contribution in [-0.2, 0) is 6.54 Å². The highest BCUT2D eigenvalue weighted by Gasteiger charge is 2.03. The molecule has 0 aliphatic carbocycles. The number of aromatic nitrogens is 4. The summed E-state index contributed by atoms with van der Waals surface area (Å²) in [5, 5.41) is 4.49. The topological polar surface area (TPSA) is 43.6 Å². The lowest BCUT2D eigenvalue weighted by atomic mass is 10.3. The van der Waals surface area contributed by atoms with E-state index in [0.29, 0.717) is 6.54 Å². The first-order valence-corrected chi connectivity index (χ1v) is 5.76. The maximum atomic E-state index is 4.49. The number of hydrogen-bond acceptors (Lipinski definition) is 3. The summed E-state index contributed by atoms with van der Waals surface area (Å²) >= 11 is 0. The van der Waals surface area contributed by atoms with E-state index >= 15 is 0 Å². The van der Waals surface area contributed by atoms with Crippen molar-refractivity contribution in [2.24, 2.45) is 0 Å². The number of hydrogen-bond donors (Lipinski definition) is 0. The third-order valence-corrected chi connectivity index (χ3v) is 2.62. The Morgan fingerprint density at radius 3 is 2.39 bits per heavy atom. The van der Waals surface area contributed by atoms with Crippen LogP contribution in [0.3, 0.4) is 0 Å². The van der Waals surface area contributed by atoms with E-state index in [1.54, 1.807) is 12.4 Å². The molecule has 0 aliphatic heterocycles. The van der Waals surface area contributed by atoms with E-state index in [4.69, 9.17) is 0 Å². The lowest BCUT2D eigenvalue weighted by Crippen LogP contribution is -2.02. The van der Waals surface area contributed by atoms with Crippen molar-refractivity contribution in [3.05, 3.63) is 66.7 Å². The van der Waals surface area contributed by atoms with Gasteiger partial charge in [-0.25, -0.2) is 0 Å². The van der Waals surface area contributed by atoms with Crippen LogP contribution in [0.15, 0.2) is 61.1 Å². The molecule has 0 bridgehead atoms. The Balaban J connectivity index is 1.82. The molecule has 0 aromatic carbocycles. The average Bonchev–Trinajstić information content (AvgIpc) is 2.89. The second kappa shape index (κ2) is 4.79. The first-order chi connectivity index (χ1) is 8.92. The second-order valence-electron chi connectivity index (χ2n) is 3.93. The molecule has 18 heavy (non-hydrogen) atoms. The molecular formula is C14H12N4. The number of rotatable bonds is 3. The highest BCUT2D eigenvalue weighted by atomic mass is 15.3. The molecule has 88 valence electrons. The van der Waals surface area contributed by atoms with Crippen LogP contribution in [0.2, 0.25) is 0 Å². The predicted octanol–water partition coefficient (Wildman–Crippen LogP) is 2.39. The molecule has 0 aliphatic rings. The summed E-state index contributed by atoms with van der Waals surface area (Å²) in [6.07, 6.45) is 5.50. The summed E-state index contributed by atoms with van der Waals surface area (Å²) in [4.78, 5) is 8.56. The molecule has 0 N–H and O–H groups in total. The van der Waals surface area contributed by atoms with Gasteiger partial charge in [-0.15, -0.1) is 0 Å². The minimum Gasteiger partial charge on any atom is -0.266 e. The van der Waals surface area contributed by atoms with Gasteiger partial charge in [0, 0.05) is 18.6 Å². The largest absolute Gasteiger partial charge is 0.266 e. The highest BCUT2D eigenvalue weighted by Crippen LogP contribution is 2.13. The fraction of sp³-hybridized carbons (Fsp3) is 0.0714. The molecular weight excluding hydrogens is 224 g/mol. The lowest BCUT2D eigenvalue weighted by molar-refractivity contribution is 0.674. The van der Waals surface area contributed by atoms with Gasteiger partial charge >= 0.3 is 0 Å². The zero-order valence-corrected chi connectivity index (χ0v) is 9.77. The molecule has 3 aromatic rings. The van der Waals surface area contributed by atoms with Gasteiger partial charge in [-0.1, -0.05) is 12.1 Å². The molecule has 0 amide bonds. The Morgan fingerprint density at radius 1 is 0.833 bits per heavy atom. The summed E-state index contributed by atoms with van der Waals surface area (Å²) < 4.78 is 1.87. The van der Waals surface area contributed by atoms with Gasteiger partial charge in [0.1, 0.15) is 5.69 Å². The second-order valence-corrected chi connectivity index (χ2v) is 3.93. The third kappa shape index (κ3) is 2.27. The summed E-state index contributed by atoms with van der Waals surface area (Å²) in [6.45, 7) is 0.674. The van der Waals surface area contributed by atoms with Gasteiger partial charge in [0.2, 0.25) is 0 Å². The summed E-state index contributed by atoms with van der Waals surface area (Å²) in [5.74, 6) is 0. The Morgan fingerprint density at radius 2 is 1.67 bits per heavy atom. The van der Waals surface area contributed by atoms with E-state index in [0.717, 1.165) is 17.1 Å². The maximum absolute atomic E-state index is 4.49. The first kappa shape index (κ1) is 10.7. The van der Waals surface area contributed by atoms with Gasteiger partial charge in [0.25, 0.3) is 0 Å². The first-order valence-electron chi connectivity index (χ1n) is 5.76. The van der Waals surface area contributed by atoms with Crippen LogP contribution in [0.4, 0.5) is 0 Å². The van der Waals surface area contributed by atoms with Crippen LogP contribution >= 0.6 is 0 Å². The molecule has 3 rings (SSSR count). The van der Waals surface area contributed by atoms with E-state index in [1.165, 1.54) is 0 Å². The van der Waals surface area contributed by atoms with E-state index in [9.17, 15) is 0 Å². The Labute approximate surface area is 105 Å². The average molecular weight is 236 g/mol. The van der Waals surface area contributed by atoms with Crippen molar-refractivity contribution >= 4 is 0 Å². The van der Waals surface area contributed by atoms with Crippen LogP contribution in [0.5, 0.6) is 0 Å². The van der Waals surface area contributed by atoms with Gasteiger partial charge in [0.15, 0.2) is 0 Å². The fourth-order valence-electron chi connectivity index (χ4n) is 1.76. The van der Waals surface area contributed by atoms with E-state index in [-0.39, 0.29) is 0 Å². The Kier molecular flexibility index (Phi) is 2.84. The molecule has 0 spiro atoms. The highest BCUT2D eigenvalue weighted by molar-refractivity contribution is 5.52. The molecule has 0 saturated heterocycles. The number of nitrogens with zero attached hydrogens (tertiary/aromatic N) is 4. The smallest absolute Gasteiger partial charge is 0.111 e. The molecule has 0 atom stereocenters. The quantitative estimate of drug-likeness (QED) is 0.701. The minimum absolute atomic E-state index is 0.674. The Bertz CT molecular complexity index is 617. The van der Waals surface area contributed by atoms with Gasteiger partial charge < -0.3 is 0 Å². The SMILES string of the molecule is c1ccc(Cn2ccc(-c3ccccn3)n2)nc1. The molecule has 4 nitrogen and oxygen atoms in total. The third-order valence-electron chi connectivity index (χ3n) is 2.62. The van der Waals surface area contributed by atoms with Crippen LogP contribution in [0.25, 0.3) is 11.4 Å². The molecule has 0 fully saturated rings. The predicted molar refractivity (Wildman–Crippen MR) is 68.8 cm³/mol. The maximum Gasteiger partial charge on any atom is 0.111 e. The molecule has 0 unspecified atom stereocenters. The van der Waals surface area contributed by atoms with Crippen molar-refractivity contribution in [1.29, 1.82) is 0 Å². The lowest BCUT2D eigenvalue weighted by Gasteiger charge is -2.00. The molecule has 4 heteroatoms. The van der Waals surface area contributed by atoms with E-state index in [2.05, 4.69) is 15.1 Å². The zero-order chi connectivity index (χ0) is 12.2. The van der Waals surface area contributed by atoms with Crippen molar-refractivity contribution in [3.63, 3.8) is 0 Å². The van der Waals surface area contributed by atoms with Crippen LogP contribution in [0.1, 0.15) is 5.69 Å². The van der Waals surface area contributed by atoms with Crippen LogP contribution in [-0.4, -0.2) is 19.7 Å². The number of pyridine rings is 2. The summed E-state index contributed by atoms with van der Waals surface area (Å²) in [6, 6.07) is 13.6. The van der Waals surface area contributed by atoms with Gasteiger partial charge in [0.05, 0.1) is 17.9 Å². The fourth-order valence-corrected chi connectivity index (χ4v) is 1.76.